The van der Waals surface area contributed by atoms with E-state index in [1.165, 1.54) is 22.7 Å². The first-order valence-electron chi connectivity index (χ1n) is 18.7. The van der Waals surface area contributed by atoms with Crippen molar-refractivity contribution in [2.24, 2.45) is 0 Å². The predicted octanol–water partition coefficient (Wildman–Crippen LogP) is 13.0. The van der Waals surface area contributed by atoms with E-state index in [0.717, 1.165) is 100 Å². The van der Waals surface area contributed by atoms with Crippen LogP contribution in [0.15, 0.2) is 156 Å². The summed E-state index contributed by atoms with van der Waals surface area (Å²) in [5.41, 5.74) is 7.45. The molecule has 4 aromatic heterocycles. The van der Waals surface area contributed by atoms with Crippen molar-refractivity contribution in [3.63, 3.8) is 0 Å². The van der Waals surface area contributed by atoms with Gasteiger partial charge < -0.3 is 19.7 Å². The second kappa shape index (κ2) is 14.3. The van der Waals surface area contributed by atoms with E-state index in [-0.39, 0.29) is 11.5 Å². The molecule has 6 aromatic carbocycles. The number of nitrogens with zero attached hydrogens (tertiary/aromatic N) is 2. The van der Waals surface area contributed by atoms with E-state index in [1.54, 1.807) is 0 Å². The Balaban J connectivity index is 0.830. The van der Waals surface area contributed by atoms with Crippen LogP contribution in [0.25, 0.3) is 75.9 Å². The summed E-state index contributed by atoms with van der Waals surface area (Å²) in [6, 6.07) is 49.1. The van der Waals surface area contributed by atoms with Crippen LogP contribution in [0.4, 0.5) is 0 Å². The molecule has 0 saturated heterocycles. The molecule has 0 fully saturated rings. The monoisotopic (exact) mass is 768 g/mol. The third kappa shape index (κ3) is 5.68. The lowest BCUT2D eigenvalue weighted by atomic mass is 10.1. The molecule has 2 N–H and O–H groups in total. The van der Waals surface area contributed by atoms with Crippen LogP contribution >= 0.6 is 22.7 Å². The summed E-state index contributed by atoms with van der Waals surface area (Å²) in [5.74, 6) is 1.94. The maximum Gasteiger partial charge on any atom is 0.158 e. The third-order valence-corrected chi connectivity index (χ3v) is 12.4. The number of hydrogen-bond donors (Lipinski definition) is 2. The molecule has 0 radical (unpaired) electrons. The number of benzene rings is 6. The Bertz CT molecular complexity index is 2730. The van der Waals surface area contributed by atoms with E-state index in [9.17, 15) is 10.2 Å². The first-order valence-corrected chi connectivity index (χ1v) is 20.5. The molecule has 10 aromatic rings. The zero-order chi connectivity index (χ0) is 37.6. The molecule has 0 bridgehead atoms. The van der Waals surface area contributed by atoms with E-state index >= 15 is 0 Å². The molecule has 0 unspecified atom stereocenters. The maximum absolute atomic E-state index is 11.7. The molecule has 0 atom stereocenters. The van der Waals surface area contributed by atoms with Gasteiger partial charge in [-0.1, -0.05) is 109 Å². The topological polar surface area (TPSA) is 68.8 Å². The number of unbranched alkanes of at least 4 members (excludes halogenated alkanes) is 1. The van der Waals surface area contributed by atoms with Gasteiger partial charge in [-0.3, -0.25) is 9.13 Å². The highest BCUT2D eigenvalue weighted by Gasteiger charge is 2.22. The fourth-order valence-electron chi connectivity index (χ4n) is 7.86. The van der Waals surface area contributed by atoms with E-state index < -0.39 is 0 Å². The van der Waals surface area contributed by atoms with Gasteiger partial charge >= 0.3 is 0 Å². The highest BCUT2D eigenvalue weighted by molar-refractivity contribution is 7.14. The zero-order valence-electron chi connectivity index (χ0n) is 30.3. The molecule has 0 aliphatic carbocycles. The Hall–Kier alpha value is -6.48. The van der Waals surface area contributed by atoms with Crippen molar-refractivity contribution >= 4 is 66.3 Å². The summed E-state index contributed by atoms with van der Waals surface area (Å²) < 4.78 is 17.0. The number of ether oxygens (including phenoxy) is 2. The summed E-state index contributed by atoms with van der Waals surface area (Å²) >= 11 is 3.05. The second-order valence-electron chi connectivity index (χ2n) is 13.7. The van der Waals surface area contributed by atoms with Gasteiger partial charge in [0.05, 0.1) is 35.3 Å². The predicted molar refractivity (Wildman–Crippen MR) is 232 cm³/mol. The Morgan fingerprint density at radius 3 is 1.09 bits per heavy atom. The molecule has 4 heterocycles. The van der Waals surface area contributed by atoms with Crippen LogP contribution in [-0.4, -0.2) is 32.6 Å². The van der Waals surface area contributed by atoms with E-state index in [0.29, 0.717) is 13.2 Å². The second-order valence-corrected chi connectivity index (χ2v) is 15.5. The van der Waals surface area contributed by atoms with Gasteiger partial charge in [-0.25, -0.2) is 0 Å². The van der Waals surface area contributed by atoms with Gasteiger partial charge in [-0.2, -0.15) is 0 Å². The Morgan fingerprint density at radius 2 is 0.714 bits per heavy atom. The lowest BCUT2D eigenvalue weighted by Crippen LogP contribution is -2.03. The molecular formula is C48H36N2O4S2. The van der Waals surface area contributed by atoms with Gasteiger partial charge in [0.25, 0.3) is 0 Å². The number of rotatable bonds is 11. The molecule has 8 heteroatoms. The largest absolute Gasteiger partial charge is 0.504 e. The number of fused-ring (bicyclic) bond motifs is 6. The van der Waals surface area contributed by atoms with Gasteiger partial charge in [0, 0.05) is 54.6 Å². The van der Waals surface area contributed by atoms with Crippen molar-refractivity contribution in [3.05, 3.63) is 156 Å². The van der Waals surface area contributed by atoms with Crippen molar-refractivity contribution in [1.29, 1.82) is 0 Å². The summed E-state index contributed by atoms with van der Waals surface area (Å²) in [7, 11) is 0. The summed E-state index contributed by atoms with van der Waals surface area (Å²) in [4.78, 5) is 0. The molecule has 0 spiro atoms. The first-order chi connectivity index (χ1) is 27.7. The van der Waals surface area contributed by atoms with Crippen LogP contribution in [0.1, 0.15) is 12.8 Å². The number of aromatic nitrogens is 2. The fourth-order valence-corrected chi connectivity index (χ4v) is 9.85. The van der Waals surface area contributed by atoms with Crippen molar-refractivity contribution in [1.82, 2.24) is 9.13 Å². The molecule has 6 nitrogen and oxygen atoms in total. The standard InChI is InChI=1S/C48H36N2O4S2/c51-45-37(29-55-47(45)49-39-21-7-1-15-31(39)32-16-2-8-22-40(32)49)35-19-5-11-25-43(35)53-27-13-14-28-54-44-26-12-6-20-36(44)38-30-56-48(46(38)52)50-41-23-9-3-17-33(41)34-18-4-10-24-42(34)50/h1-12,15-26,29-30,51-52H,13-14,27-28H2. The van der Waals surface area contributed by atoms with Crippen LogP contribution in [0.5, 0.6) is 23.0 Å². The first kappa shape index (κ1) is 34.0. The Kier molecular flexibility index (Phi) is 8.70. The Morgan fingerprint density at radius 1 is 0.393 bits per heavy atom. The smallest absolute Gasteiger partial charge is 0.158 e. The minimum atomic E-state index is 0.239. The van der Waals surface area contributed by atoms with Crippen LogP contribution < -0.4 is 9.47 Å². The van der Waals surface area contributed by atoms with Gasteiger partial charge in [0.15, 0.2) is 11.5 Å². The highest BCUT2D eigenvalue weighted by Crippen LogP contribution is 2.47. The molecule has 0 saturated carbocycles. The fraction of sp³-hybridized carbons (Fsp3) is 0.0833. The van der Waals surface area contributed by atoms with E-state index in [1.807, 2.05) is 83.6 Å². The number of hydrogen-bond acceptors (Lipinski definition) is 6. The molecule has 10 rings (SSSR count). The maximum atomic E-state index is 11.7. The number of thiophene rings is 2. The van der Waals surface area contributed by atoms with Crippen LogP contribution in [-0.2, 0) is 0 Å². The van der Waals surface area contributed by atoms with Crippen LogP contribution in [0.2, 0.25) is 0 Å². The minimum Gasteiger partial charge on any atom is -0.504 e. The highest BCUT2D eigenvalue weighted by atomic mass is 32.1. The van der Waals surface area contributed by atoms with E-state index in [4.69, 9.17) is 9.47 Å². The SMILES string of the molecule is Oc1c(-c2ccccc2OCCCCOc2ccccc2-c2csc(-n3c4ccccc4c4ccccc43)c2O)csc1-n1c2ccccc2c2ccccc21. The van der Waals surface area contributed by atoms with Crippen LogP contribution in [0.3, 0.4) is 0 Å². The van der Waals surface area contributed by atoms with Gasteiger partial charge in [0.1, 0.15) is 21.5 Å². The van der Waals surface area contributed by atoms with Crippen molar-refractivity contribution < 1.29 is 19.7 Å². The van der Waals surface area contributed by atoms with Crippen LogP contribution in [0, 0.1) is 0 Å². The lowest BCUT2D eigenvalue weighted by Gasteiger charge is -2.13. The normalized spacial score (nSPS) is 11.6. The molecule has 274 valence electrons. The summed E-state index contributed by atoms with van der Waals surface area (Å²) in [6.45, 7) is 1.00. The quantitative estimate of drug-likeness (QED) is 0.129. The van der Waals surface area contributed by atoms with Crippen molar-refractivity contribution in [3.8, 4) is 55.3 Å². The van der Waals surface area contributed by atoms with Crippen molar-refractivity contribution in [2.75, 3.05) is 13.2 Å². The molecular weight excluding hydrogens is 733 g/mol. The number of aromatic hydroxyl groups is 2. The molecule has 0 amide bonds. The zero-order valence-corrected chi connectivity index (χ0v) is 31.9. The third-order valence-electron chi connectivity index (χ3n) is 10.5. The van der Waals surface area contributed by atoms with Gasteiger partial charge in [0.2, 0.25) is 0 Å². The average molecular weight is 769 g/mol. The van der Waals surface area contributed by atoms with Gasteiger partial charge in [-0.05, 0) is 49.2 Å². The Labute approximate surface area is 331 Å². The minimum absolute atomic E-state index is 0.239. The lowest BCUT2D eigenvalue weighted by molar-refractivity contribution is 0.267. The molecule has 0 aliphatic heterocycles. The van der Waals surface area contributed by atoms with Crippen molar-refractivity contribution in [2.45, 2.75) is 12.8 Å². The molecule has 0 aliphatic rings. The van der Waals surface area contributed by atoms with E-state index in [2.05, 4.69) is 81.9 Å². The average Bonchev–Trinajstić information content (AvgIpc) is 3.99. The molecule has 56 heavy (non-hydrogen) atoms. The van der Waals surface area contributed by atoms with Gasteiger partial charge in [-0.15, -0.1) is 22.7 Å². The summed E-state index contributed by atoms with van der Waals surface area (Å²) in [6.07, 6.45) is 1.56. The summed E-state index contributed by atoms with van der Waals surface area (Å²) in [5, 5.41) is 33.6. The number of para-hydroxylation sites is 6.